The predicted octanol–water partition coefficient (Wildman–Crippen LogP) is 2.70. The standard InChI is InChI=1S/C14H12FN3/c1-18-13-5-3-2-4-12(13)17-14(18)9-11-8-10(15)6-7-16-11/h2-8H,9H2,1H3. The van der Waals surface area contributed by atoms with Crippen molar-refractivity contribution in [3.05, 3.63) is 59.9 Å². The van der Waals surface area contributed by atoms with E-state index in [1.807, 2.05) is 35.9 Å². The van der Waals surface area contributed by atoms with E-state index < -0.39 is 0 Å². The van der Waals surface area contributed by atoms with Crippen molar-refractivity contribution in [2.24, 2.45) is 7.05 Å². The van der Waals surface area contributed by atoms with Crippen molar-refractivity contribution in [1.82, 2.24) is 14.5 Å². The Hall–Kier alpha value is -2.23. The number of rotatable bonds is 2. The van der Waals surface area contributed by atoms with Crippen molar-refractivity contribution in [2.75, 3.05) is 0 Å². The molecule has 2 aromatic heterocycles. The average Bonchev–Trinajstić information content (AvgIpc) is 2.67. The van der Waals surface area contributed by atoms with Crippen LogP contribution in [0.3, 0.4) is 0 Å². The number of imidazole rings is 1. The lowest BCUT2D eigenvalue weighted by atomic mass is 10.2. The van der Waals surface area contributed by atoms with Gasteiger partial charge in [0, 0.05) is 19.7 Å². The molecule has 0 amide bonds. The van der Waals surface area contributed by atoms with Crippen LogP contribution in [0.25, 0.3) is 11.0 Å². The Kier molecular flexibility index (Phi) is 2.55. The predicted molar refractivity (Wildman–Crippen MR) is 67.7 cm³/mol. The van der Waals surface area contributed by atoms with Gasteiger partial charge >= 0.3 is 0 Å². The summed E-state index contributed by atoms with van der Waals surface area (Å²) >= 11 is 0. The van der Waals surface area contributed by atoms with Crippen LogP contribution < -0.4 is 0 Å². The number of fused-ring (bicyclic) bond motifs is 1. The largest absolute Gasteiger partial charge is 0.331 e. The lowest BCUT2D eigenvalue weighted by molar-refractivity contribution is 0.622. The summed E-state index contributed by atoms with van der Waals surface area (Å²) in [6.45, 7) is 0. The van der Waals surface area contributed by atoms with Crippen molar-refractivity contribution >= 4 is 11.0 Å². The molecular formula is C14H12FN3. The highest BCUT2D eigenvalue weighted by Gasteiger charge is 2.08. The fraction of sp³-hybridized carbons (Fsp3) is 0.143. The van der Waals surface area contributed by atoms with Crippen molar-refractivity contribution in [3.63, 3.8) is 0 Å². The smallest absolute Gasteiger partial charge is 0.126 e. The summed E-state index contributed by atoms with van der Waals surface area (Å²) in [5.41, 5.74) is 2.71. The normalized spacial score (nSPS) is 11.0. The molecule has 3 nitrogen and oxygen atoms in total. The highest BCUT2D eigenvalue weighted by atomic mass is 19.1. The van der Waals surface area contributed by atoms with E-state index >= 15 is 0 Å². The zero-order valence-electron chi connectivity index (χ0n) is 9.97. The minimum absolute atomic E-state index is 0.265. The number of aromatic nitrogens is 3. The average molecular weight is 241 g/mol. The second-order valence-electron chi connectivity index (χ2n) is 4.22. The van der Waals surface area contributed by atoms with Gasteiger partial charge in [-0.15, -0.1) is 0 Å². The molecule has 18 heavy (non-hydrogen) atoms. The van der Waals surface area contributed by atoms with Gasteiger partial charge in [0.1, 0.15) is 11.6 Å². The number of benzene rings is 1. The van der Waals surface area contributed by atoms with Crippen molar-refractivity contribution in [2.45, 2.75) is 6.42 Å². The first kappa shape index (κ1) is 10.9. The third kappa shape index (κ3) is 1.86. The lowest BCUT2D eigenvalue weighted by Gasteiger charge is -2.02. The molecule has 3 rings (SSSR count). The van der Waals surface area contributed by atoms with Gasteiger partial charge in [0.25, 0.3) is 0 Å². The van der Waals surface area contributed by atoms with Gasteiger partial charge in [0.2, 0.25) is 0 Å². The summed E-state index contributed by atoms with van der Waals surface area (Å²) in [5.74, 6) is 0.619. The molecule has 0 saturated heterocycles. The molecular weight excluding hydrogens is 229 g/mol. The molecule has 3 aromatic rings. The first-order chi connectivity index (χ1) is 8.74. The van der Waals surface area contributed by atoms with Crippen LogP contribution in [0.5, 0.6) is 0 Å². The van der Waals surface area contributed by atoms with E-state index in [2.05, 4.69) is 9.97 Å². The van der Waals surface area contributed by atoms with E-state index in [9.17, 15) is 4.39 Å². The van der Waals surface area contributed by atoms with Crippen LogP contribution >= 0.6 is 0 Å². The van der Waals surface area contributed by atoms with E-state index in [0.29, 0.717) is 12.1 Å². The number of hydrogen-bond acceptors (Lipinski definition) is 2. The molecule has 0 N–H and O–H groups in total. The second kappa shape index (κ2) is 4.22. The molecule has 2 heterocycles. The van der Waals surface area contributed by atoms with Gasteiger partial charge < -0.3 is 4.57 Å². The van der Waals surface area contributed by atoms with E-state index in [1.165, 1.54) is 18.3 Å². The van der Waals surface area contributed by atoms with Crippen LogP contribution in [0.4, 0.5) is 4.39 Å². The first-order valence-electron chi connectivity index (χ1n) is 5.75. The number of halogens is 1. The molecule has 0 aliphatic carbocycles. The first-order valence-corrected chi connectivity index (χ1v) is 5.75. The van der Waals surface area contributed by atoms with Gasteiger partial charge in [0.05, 0.1) is 16.7 Å². The maximum atomic E-state index is 13.1. The van der Waals surface area contributed by atoms with E-state index in [4.69, 9.17) is 0 Å². The number of para-hydroxylation sites is 2. The molecule has 0 aliphatic rings. The van der Waals surface area contributed by atoms with Gasteiger partial charge in [-0.1, -0.05) is 12.1 Å². The van der Waals surface area contributed by atoms with Crippen molar-refractivity contribution < 1.29 is 4.39 Å². The van der Waals surface area contributed by atoms with Crippen molar-refractivity contribution in [1.29, 1.82) is 0 Å². The third-order valence-corrected chi connectivity index (χ3v) is 3.00. The topological polar surface area (TPSA) is 30.7 Å². The third-order valence-electron chi connectivity index (χ3n) is 3.00. The van der Waals surface area contributed by atoms with Crippen LogP contribution in [-0.4, -0.2) is 14.5 Å². The highest BCUT2D eigenvalue weighted by Crippen LogP contribution is 2.16. The molecule has 0 unspecified atom stereocenters. The number of hydrogen-bond donors (Lipinski definition) is 0. The molecule has 0 aliphatic heterocycles. The SMILES string of the molecule is Cn1c(Cc2cc(F)ccn2)nc2ccccc21. The number of nitrogens with zero attached hydrogens (tertiary/aromatic N) is 3. The summed E-state index contributed by atoms with van der Waals surface area (Å²) < 4.78 is 15.1. The molecule has 0 saturated carbocycles. The Labute approximate surface area is 104 Å². The van der Waals surface area contributed by atoms with Gasteiger partial charge in [-0.2, -0.15) is 0 Å². The number of pyridine rings is 1. The van der Waals surface area contributed by atoms with Crippen LogP contribution in [-0.2, 0) is 13.5 Å². The second-order valence-corrected chi connectivity index (χ2v) is 4.22. The highest BCUT2D eigenvalue weighted by molar-refractivity contribution is 5.75. The van der Waals surface area contributed by atoms with Crippen LogP contribution in [0.2, 0.25) is 0 Å². The fourth-order valence-corrected chi connectivity index (χ4v) is 2.06. The Morgan fingerprint density at radius 1 is 1.22 bits per heavy atom. The number of aryl methyl sites for hydroxylation is 1. The molecule has 0 atom stereocenters. The lowest BCUT2D eigenvalue weighted by Crippen LogP contribution is -2.01. The van der Waals surface area contributed by atoms with Gasteiger partial charge in [-0.05, 0) is 24.3 Å². The maximum Gasteiger partial charge on any atom is 0.126 e. The quantitative estimate of drug-likeness (QED) is 0.690. The summed E-state index contributed by atoms with van der Waals surface area (Å²) in [6.07, 6.45) is 2.01. The molecule has 0 radical (unpaired) electrons. The Morgan fingerprint density at radius 3 is 2.83 bits per heavy atom. The van der Waals surface area contributed by atoms with E-state index in [0.717, 1.165) is 16.9 Å². The van der Waals surface area contributed by atoms with Crippen LogP contribution in [0.15, 0.2) is 42.6 Å². The van der Waals surface area contributed by atoms with Gasteiger partial charge in [-0.3, -0.25) is 4.98 Å². The minimum atomic E-state index is -0.265. The summed E-state index contributed by atoms with van der Waals surface area (Å²) in [6, 6.07) is 10.7. The van der Waals surface area contributed by atoms with E-state index in [1.54, 1.807) is 0 Å². The maximum absolute atomic E-state index is 13.1. The Morgan fingerprint density at radius 2 is 2.06 bits per heavy atom. The summed E-state index contributed by atoms with van der Waals surface area (Å²) in [7, 11) is 1.96. The molecule has 1 aromatic carbocycles. The van der Waals surface area contributed by atoms with Crippen molar-refractivity contribution in [3.8, 4) is 0 Å². The van der Waals surface area contributed by atoms with Crippen LogP contribution in [0, 0.1) is 5.82 Å². The zero-order chi connectivity index (χ0) is 12.5. The van der Waals surface area contributed by atoms with Gasteiger partial charge in [0.15, 0.2) is 0 Å². The molecule has 4 heteroatoms. The Bertz CT molecular complexity index is 703. The molecule has 90 valence electrons. The minimum Gasteiger partial charge on any atom is -0.331 e. The zero-order valence-corrected chi connectivity index (χ0v) is 9.97. The molecule has 0 spiro atoms. The fourth-order valence-electron chi connectivity index (χ4n) is 2.06. The molecule has 0 fully saturated rings. The van der Waals surface area contributed by atoms with E-state index in [-0.39, 0.29) is 5.82 Å². The molecule has 0 bridgehead atoms. The Balaban J connectivity index is 2.02. The van der Waals surface area contributed by atoms with Gasteiger partial charge in [-0.25, -0.2) is 9.37 Å². The summed E-state index contributed by atoms with van der Waals surface area (Å²) in [5, 5.41) is 0. The monoisotopic (exact) mass is 241 g/mol. The van der Waals surface area contributed by atoms with Crippen LogP contribution in [0.1, 0.15) is 11.5 Å². The summed E-state index contributed by atoms with van der Waals surface area (Å²) in [4.78, 5) is 8.69.